The number of carbonyl (C=O) groups excluding carboxylic acids is 2. The first-order chi connectivity index (χ1) is 20.0. The Hall–Kier alpha value is -5.00. The second-order valence-corrected chi connectivity index (χ2v) is 10.5. The van der Waals surface area contributed by atoms with Gasteiger partial charge < -0.3 is 20.3 Å². The number of aromatic nitrogens is 6. The number of nitrogens with zero attached hydrogens (tertiary/aromatic N) is 7. The number of ether oxygens (including phenoxy) is 1. The molecule has 208 valence electrons. The normalized spacial score (nSPS) is 17.4. The SMILES string of the molecule is Cn1cc(-c2nc3c4c(C5CC5)cccc4nc(NC4CN(C(=O)OCc5ccccc5)CCNC4=O)n3n2)cn1. The zero-order valence-electron chi connectivity index (χ0n) is 22.5. The van der Waals surface area contributed by atoms with Crippen LogP contribution in [-0.4, -0.2) is 71.9 Å². The molecule has 2 aromatic carbocycles. The molecule has 2 fully saturated rings. The highest BCUT2D eigenvalue weighted by atomic mass is 16.6. The second kappa shape index (κ2) is 10.2. The fourth-order valence-electron chi connectivity index (χ4n) is 5.24. The molecule has 1 atom stereocenters. The van der Waals surface area contributed by atoms with Gasteiger partial charge in [0, 0.05) is 31.7 Å². The average Bonchev–Trinajstić information content (AvgIpc) is 3.63. The maximum atomic E-state index is 13.1. The molecule has 0 bridgehead atoms. The third-order valence-electron chi connectivity index (χ3n) is 7.48. The van der Waals surface area contributed by atoms with Gasteiger partial charge >= 0.3 is 6.09 Å². The number of anilines is 1. The molecular formula is C29H29N9O3. The van der Waals surface area contributed by atoms with E-state index >= 15 is 0 Å². The number of fused-ring (bicyclic) bond motifs is 3. The zero-order chi connectivity index (χ0) is 27.9. The van der Waals surface area contributed by atoms with Gasteiger partial charge in [-0.1, -0.05) is 42.5 Å². The summed E-state index contributed by atoms with van der Waals surface area (Å²) in [7, 11) is 1.84. The van der Waals surface area contributed by atoms with Gasteiger partial charge in [-0.2, -0.15) is 9.61 Å². The van der Waals surface area contributed by atoms with Crippen molar-refractivity contribution >= 4 is 34.5 Å². The van der Waals surface area contributed by atoms with Gasteiger partial charge in [0.1, 0.15) is 12.6 Å². The van der Waals surface area contributed by atoms with Crippen LogP contribution in [0.1, 0.15) is 29.9 Å². The molecule has 3 aromatic heterocycles. The lowest BCUT2D eigenvalue weighted by atomic mass is 10.1. The lowest BCUT2D eigenvalue weighted by molar-refractivity contribution is -0.121. The Morgan fingerprint density at radius 3 is 2.76 bits per heavy atom. The summed E-state index contributed by atoms with van der Waals surface area (Å²) in [6.45, 7) is 0.906. The number of amides is 2. The van der Waals surface area contributed by atoms with Crippen molar-refractivity contribution in [3.8, 4) is 11.4 Å². The largest absolute Gasteiger partial charge is 0.445 e. The van der Waals surface area contributed by atoms with E-state index < -0.39 is 12.1 Å². The number of hydrogen-bond acceptors (Lipinski definition) is 8. The predicted octanol–water partition coefficient (Wildman–Crippen LogP) is 3.10. The van der Waals surface area contributed by atoms with Crippen LogP contribution in [0.3, 0.4) is 0 Å². The van der Waals surface area contributed by atoms with E-state index in [9.17, 15) is 9.59 Å². The van der Waals surface area contributed by atoms with E-state index in [2.05, 4.69) is 21.8 Å². The Kier molecular flexibility index (Phi) is 6.22. The van der Waals surface area contributed by atoms with Crippen LogP contribution in [0.5, 0.6) is 0 Å². The van der Waals surface area contributed by atoms with E-state index in [1.54, 1.807) is 15.4 Å². The van der Waals surface area contributed by atoms with E-state index in [1.807, 2.05) is 55.7 Å². The number of nitrogens with one attached hydrogen (secondary N) is 2. The summed E-state index contributed by atoms with van der Waals surface area (Å²) in [5, 5.41) is 16.2. The third kappa shape index (κ3) is 4.92. The molecule has 2 amide bonds. The Labute approximate surface area is 235 Å². The van der Waals surface area contributed by atoms with Gasteiger partial charge in [-0.05, 0) is 36.0 Å². The lowest BCUT2D eigenvalue weighted by Gasteiger charge is -2.23. The number of carbonyl (C=O) groups is 2. The average molecular weight is 552 g/mol. The first kappa shape index (κ1) is 25.0. The van der Waals surface area contributed by atoms with Gasteiger partial charge in [0.05, 0.1) is 23.8 Å². The van der Waals surface area contributed by atoms with E-state index in [0.29, 0.717) is 36.4 Å². The van der Waals surface area contributed by atoms with Crippen molar-refractivity contribution in [2.75, 3.05) is 25.0 Å². The van der Waals surface area contributed by atoms with Crippen LogP contribution in [0.25, 0.3) is 27.9 Å². The molecule has 1 saturated carbocycles. The molecule has 0 radical (unpaired) electrons. The van der Waals surface area contributed by atoms with Gasteiger partial charge in [-0.15, -0.1) is 5.10 Å². The van der Waals surface area contributed by atoms with Crippen LogP contribution >= 0.6 is 0 Å². The van der Waals surface area contributed by atoms with Crippen molar-refractivity contribution in [2.45, 2.75) is 31.4 Å². The number of benzene rings is 2. The van der Waals surface area contributed by atoms with E-state index in [0.717, 1.165) is 34.9 Å². The second-order valence-electron chi connectivity index (χ2n) is 10.5. The van der Waals surface area contributed by atoms with Gasteiger partial charge in [-0.3, -0.25) is 9.48 Å². The van der Waals surface area contributed by atoms with Crippen LogP contribution in [0.4, 0.5) is 10.7 Å². The predicted molar refractivity (Wildman–Crippen MR) is 151 cm³/mol. The monoisotopic (exact) mass is 551 g/mol. The molecule has 2 aliphatic rings. The van der Waals surface area contributed by atoms with Gasteiger partial charge in [0.2, 0.25) is 11.9 Å². The summed E-state index contributed by atoms with van der Waals surface area (Å²) in [4.78, 5) is 37.4. The number of rotatable bonds is 6. The first-order valence-electron chi connectivity index (χ1n) is 13.7. The molecule has 1 aliphatic carbocycles. The fourth-order valence-corrected chi connectivity index (χ4v) is 5.24. The minimum atomic E-state index is -0.785. The molecule has 12 heteroatoms. The molecule has 2 N–H and O–H groups in total. The van der Waals surface area contributed by atoms with Gasteiger partial charge in [0.25, 0.3) is 0 Å². The van der Waals surface area contributed by atoms with Crippen LogP contribution in [0.15, 0.2) is 60.9 Å². The number of hydrogen-bond donors (Lipinski definition) is 2. The van der Waals surface area contributed by atoms with E-state index in [4.69, 9.17) is 19.8 Å². The maximum Gasteiger partial charge on any atom is 0.410 e. The molecule has 1 aliphatic heterocycles. The van der Waals surface area contributed by atoms with E-state index in [1.165, 1.54) is 10.5 Å². The van der Waals surface area contributed by atoms with Crippen LogP contribution in [-0.2, 0) is 23.2 Å². The van der Waals surface area contributed by atoms with Crippen LogP contribution < -0.4 is 10.6 Å². The summed E-state index contributed by atoms with van der Waals surface area (Å²) in [6.07, 6.45) is 5.36. The standard InChI is InChI=1S/C29H29N9O3/c1-36-15-20(14-31-36)25-34-26-24-21(19-10-11-19)8-5-9-22(24)32-28(38(26)35-25)33-23-16-37(13-12-30-27(23)39)29(40)41-17-18-6-3-2-4-7-18/h2-9,14-15,19,23H,10-13,16-17H2,1H3,(H,30,39)(H,32,33). The van der Waals surface area contributed by atoms with E-state index in [-0.39, 0.29) is 19.1 Å². The molecule has 1 unspecified atom stereocenters. The summed E-state index contributed by atoms with van der Waals surface area (Å²) < 4.78 is 8.91. The highest BCUT2D eigenvalue weighted by molar-refractivity contribution is 5.96. The smallest absolute Gasteiger partial charge is 0.410 e. The van der Waals surface area contributed by atoms with Crippen molar-refractivity contribution in [3.63, 3.8) is 0 Å². The van der Waals surface area contributed by atoms with Crippen molar-refractivity contribution in [2.24, 2.45) is 7.05 Å². The van der Waals surface area contributed by atoms with Crippen molar-refractivity contribution in [1.29, 1.82) is 0 Å². The molecule has 41 heavy (non-hydrogen) atoms. The Balaban J connectivity index is 1.23. The van der Waals surface area contributed by atoms with Crippen molar-refractivity contribution in [3.05, 3.63) is 72.1 Å². The minimum Gasteiger partial charge on any atom is -0.445 e. The fraction of sp³-hybridized carbons (Fsp3) is 0.310. The summed E-state index contributed by atoms with van der Waals surface area (Å²) in [5.74, 6) is 1.11. The Morgan fingerprint density at radius 2 is 1.98 bits per heavy atom. The van der Waals surface area contributed by atoms with Crippen LogP contribution in [0, 0.1) is 0 Å². The lowest BCUT2D eigenvalue weighted by Crippen LogP contribution is -2.44. The molecule has 0 spiro atoms. The number of aryl methyl sites for hydroxylation is 1. The van der Waals surface area contributed by atoms with Crippen LogP contribution in [0.2, 0.25) is 0 Å². The van der Waals surface area contributed by atoms with Gasteiger partial charge in [0.15, 0.2) is 11.5 Å². The molecule has 4 heterocycles. The topological polar surface area (TPSA) is 132 Å². The summed E-state index contributed by atoms with van der Waals surface area (Å²) >= 11 is 0. The summed E-state index contributed by atoms with van der Waals surface area (Å²) in [5.41, 5.74) is 4.30. The molecule has 7 rings (SSSR count). The third-order valence-corrected chi connectivity index (χ3v) is 7.48. The maximum absolute atomic E-state index is 13.1. The zero-order valence-corrected chi connectivity index (χ0v) is 22.5. The highest BCUT2D eigenvalue weighted by Crippen LogP contribution is 2.44. The molecular weight excluding hydrogens is 522 g/mol. The Morgan fingerprint density at radius 1 is 1.12 bits per heavy atom. The summed E-state index contributed by atoms with van der Waals surface area (Å²) in [6, 6.07) is 14.8. The highest BCUT2D eigenvalue weighted by Gasteiger charge is 2.31. The quantitative estimate of drug-likeness (QED) is 0.329. The van der Waals surface area contributed by atoms with Crippen molar-refractivity contribution < 1.29 is 14.3 Å². The van der Waals surface area contributed by atoms with Crippen molar-refractivity contribution in [1.82, 2.24) is 39.6 Å². The minimum absolute atomic E-state index is 0.104. The molecule has 12 nitrogen and oxygen atoms in total. The first-order valence-corrected chi connectivity index (χ1v) is 13.7. The Bertz CT molecular complexity index is 1760. The molecule has 1 saturated heterocycles. The van der Waals surface area contributed by atoms with Gasteiger partial charge in [-0.25, -0.2) is 14.8 Å². The molecule has 5 aromatic rings.